The molecule has 0 unspecified atom stereocenters. The Morgan fingerprint density at radius 3 is 2.23 bits per heavy atom. The number of rotatable bonds is 10. The van der Waals surface area contributed by atoms with Gasteiger partial charge in [0.15, 0.2) is 17.3 Å². The number of ether oxygens (including phenoxy) is 4. The van der Waals surface area contributed by atoms with Crippen molar-refractivity contribution in [1.82, 2.24) is 0 Å². The fourth-order valence-electron chi connectivity index (χ4n) is 2.72. The number of Topliss-reactive ketones (excluding diaryl/α,β-unsaturated/α-hetero) is 1. The highest BCUT2D eigenvalue weighted by molar-refractivity contribution is 5.95. The number of esters is 1. The van der Waals surface area contributed by atoms with E-state index in [4.69, 9.17) is 18.9 Å². The minimum Gasteiger partial charge on any atom is -0.493 e. The Kier molecular flexibility index (Phi) is 7.74. The van der Waals surface area contributed by atoms with Crippen molar-refractivity contribution in [3.63, 3.8) is 0 Å². The van der Waals surface area contributed by atoms with Gasteiger partial charge in [0.2, 0.25) is 0 Å². The van der Waals surface area contributed by atoms with E-state index in [0.717, 1.165) is 6.07 Å². The number of hydrogen-bond acceptors (Lipinski definition) is 8. The van der Waals surface area contributed by atoms with E-state index < -0.39 is 16.6 Å². The van der Waals surface area contributed by atoms with Crippen LogP contribution in [0.25, 0.3) is 0 Å². The third kappa shape index (κ3) is 5.25. The van der Waals surface area contributed by atoms with Gasteiger partial charge in [0.25, 0.3) is 5.69 Å². The third-order valence-electron chi connectivity index (χ3n) is 4.12. The van der Waals surface area contributed by atoms with Crippen LogP contribution in [0.5, 0.6) is 17.2 Å². The van der Waals surface area contributed by atoms with Crippen LogP contribution in [0, 0.1) is 10.1 Å². The predicted molar refractivity (Wildman–Crippen MR) is 108 cm³/mol. The molecule has 2 rings (SSSR count). The SMILES string of the molecule is CCOc1ccc(C(C)=O)cc1COC(=O)c1cc(OC)c(OCC)cc1[N+](=O)[O-]. The number of ketones is 1. The molecule has 0 saturated carbocycles. The van der Waals surface area contributed by atoms with Crippen molar-refractivity contribution in [2.75, 3.05) is 20.3 Å². The number of hydrogen-bond donors (Lipinski definition) is 0. The molecule has 0 aliphatic carbocycles. The lowest BCUT2D eigenvalue weighted by Crippen LogP contribution is -2.11. The van der Waals surface area contributed by atoms with Gasteiger partial charge < -0.3 is 18.9 Å². The van der Waals surface area contributed by atoms with E-state index in [1.807, 2.05) is 0 Å². The molecule has 0 bridgehead atoms. The Bertz CT molecular complexity index is 954. The van der Waals surface area contributed by atoms with Crippen LogP contribution in [0.3, 0.4) is 0 Å². The van der Waals surface area contributed by atoms with E-state index in [1.165, 1.54) is 20.1 Å². The number of methoxy groups -OCH3 is 1. The van der Waals surface area contributed by atoms with Gasteiger partial charge in [0.1, 0.15) is 17.9 Å². The number of nitro groups is 1. The van der Waals surface area contributed by atoms with Crippen LogP contribution in [-0.4, -0.2) is 37.0 Å². The molecule has 0 fully saturated rings. The first-order chi connectivity index (χ1) is 14.3. The van der Waals surface area contributed by atoms with Gasteiger partial charge in [-0.1, -0.05) is 0 Å². The molecular weight excluding hydrogens is 394 g/mol. The van der Waals surface area contributed by atoms with Gasteiger partial charge in [-0.2, -0.15) is 0 Å². The highest BCUT2D eigenvalue weighted by Gasteiger charge is 2.26. The Morgan fingerprint density at radius 1 is 1.00 bits per heavy atom. The molecule has 0 aliphatic heterocycles. The van der Waals surface area contributed by atoms with Crippen molar-refractivity contribution in [1.29, 1.82) is 0 Å². The van der Waals surface area contributed by atoms with Crippen LogP contribution in [0.15, 0.2) is 30.3 Å². The van der Waals surface area contributed by atoms with Crippen LogP contribution in [-0.2, 0) is 11.3 Å². The number of nitrogens with zero attached hydrogens (tertiary/aromatic N) is 1. The largest absolute Gasteiger partial charge is 0.493 e. The van der Waals surface area contributed by atoms with Crippen molar-refractivity contribution < 1.29 is 33.5 Å². The molecule has 0 heterocycles. The smallest absolute Gasteiger partial charge is 0.345 e. The van der Waals surface area contributed by atoms with Crippen LogP contribution in [0.1, 0.15) is 47.1 Å². The zero-order valence-electron chi connectivity index (χ0n) is 17.2. The van der Waals surface area contributed by atoms with Crippen molar-refractivity contribution in [3.8, 4) is 17.2 Å². The summed E-state index contributed by atoms with van der Waals surface area (Å²) in [4.78, 5) is 35.1. The normalized spacial score (nSPS) is 10.3. The maximum atomic E-state index is 12.6. The van der Waals surface area contributed by atoms with Gasteiger partial charge in [-0.3, -0.25) is 14.9 Å². The second-order valence-corrected chi connectivity index (χ2v) is 6.10. The minimum absolute atomic E-state index is 0.149. The summed E-state index contributed by atoms with van der Waals surface area (Å²) in [5.41, 5.74) is 0.157. The standard InChI is InChI=1S/C21H23NO8/c1-5-28-18-8-7-14(13(3)23)9-15(18)12-30-21(24)16-10-19(27-4)20(29-6-2)11-17(16)22(25)26/h7-11H,5-6,12H2,1-4H3. The van der Waals surface area contributed by atoms with Crippen LogP contribution >= 0.6 is 0 Å². The van der Waals surface area contributed by atoms with Crippen molar-refractivity contribution in [3.05, 3.63) is 57.1 Å². The van der Waals surface area contributed by atoms with E-state index in [2.05, 4.69) is 0 Å². The molecule has 0 amide bonds. The molecule has 0 radical (unpaired) electrons. The van der Waals surface area contributed by atoms with Crippen molar-refractivity contribution in [2.45, 2.75) is 27.4 Å². The van der Waals surface area contributed by atoms with Crippen molar-refractivity contribution in [2.24, 2.45) is 0 Å². The fraction of sp³-hybridized carbons (Fsp3) is 0.333. The zero-order valence-corrected chi connectivity index (χ0v) is 17.2. The van der Waals surface area contributed by atoms with Gasteiger partial charge in [0, 0.05) is 17.2 Å². The molecule has 0 spiro atoms. The summed E-state index contributed by atoms with van der Waals surface area (Å²) in [7, 11) is 1.36. The van der Waals surface area contributed by atoms with Crippen LogP contribution < -0.4 is 14.2 Å². The second-order valence-electron chi connectivity index (χ2n) is 6.10. The molecule has 0 aromatic heterocycles. The van der Waals surface area contributed by atoms with Crippen molar-refractivity contribution >= 4 is 17.4 Å². The topological polar surface area (TPSA) is 114 Å². The van der Waals surface area contributed by atoms with E-state index in [-0.39, 0.29) is 36.1 Å². The maximum absolute atomic E-state index is 12.6. The molecule has 9 nitrogen and oxygen atoms in total. The van der Waals surface area contributed by atoms with Gasteiger partial charge in [-0.05, 0) is 39.0 Å². The Labute approximate surface area is 173 Å². The monoisotopic (exact) mass is 417 g/mol. The first-order valence-electron chi connectivity index (χ1n) is 9.25. The number of nitro benzene ring substituents is 1. The minimum atomic E-state index is -0.918. The van der Waals surface area contributed by atoms with Gasteiger partial charge in [0.05, 0.1) is 31.3 Å². The summed E-state index contributed by atoms with van der Waals surface area (Å²) in [5.74, 6) is -0.302. The zero-order chi connectivity index (χ0) is 22.3. The fourth-order valence-corrected chi connectivity index (χ4v) is 2.72. The van der Waals surface area contributed by atoms with E-state index in [9.17, 15) is 19.7 Å². The van der Waals surface area contributed by atoms with Gasteiger partial charge >= 0.3 is 5.97 Å². The quantitative estimate of drug-likeness (QED) is 0.247. The lowest BCUT2D eigenvalue weighted by atomic mass is 10.1. The molecule has 0 saturated heterocycles. The average molecular weight is 417 g/mol. The molecule has 9 heteroatoms. The number of carbonyl (C=O) groups excluding carboxylic acids is 2. The summed E-state index contributed by atoms with van der Waals surface area (Å²) in [5, 5.41) is 11.5. The summed E-state index contributed by atoms with van der Waals surface area (Å²) in [6.45, 7) is 5.34. The molecule has 0 N–H and O–H groups in total. The Morgan fingerprint density at radius 2 is 1.67 bits per heavy atom. The molecule has 0 aliphatic rings. The highest BCUT2D eigenvalue weighted by Crippen LogP contribution is 2.35. The summed E-state index contributed by atoms with van der Waals surface area (Å²) in [6, 6.07) is 7.13. The summed E-state index contributed by atoms with van der Waals surface area (Å²) < 4.78 is 21.3. The maximum Gasteiger partial charge on any atom is 0.345 e. The highest BCUT2D eigenvalue weighted by atomic mass is 16.6. The molecule has 30 heavy (non-hydrogen) atoms. The van der Waals surface area contributed by atoms with Gasteiger partial charge in [-0.15, -0.1) is 0 Å². The Balaban J connectivity index is 2.35. The first kappa shape index (κ1) is 22.7. The van der Waals surface area contributed by atoms with E-state index in [0.29, 0.717) is 23.5 Å². The number of carbonyl (C=O) groups is 2. The first-order valence-corrected chi connectivity index (χ1v) is 9.25. The summed E-state index contributed by atoms with van der Waals surface area (Å²) in [6.07, 6.45) is 0. The Hall–Kier alpha value is -3.62. The third-order valence-corrected chi connectivity index (χ3v) is 4.12. The lowest BCUT2D eigenvalue weighted by Gasteiger charge is -2.13. The lowest BCUT2D eigenvalue weighted by molar-refractivity contribution is -0.385. The number of benzene rings is 2. The molecule has 2 aromatic carbocycles. The van der Waals surface area contributed by atoms with E-state index in [1.54, 1.807) is 32.0 Å². The molecular formula is C21H23NO8. The van der Waals surface area contributed by atoms with Crippen LogP contribution in [0.4, 0.5) is 5.69 Å². The molecule has 2 aromatic rings. The molecule has 160 valence electrons. The predicted octanol–water partition coefficient (Wildman–Crippen LogP) is 3.96. The average Bonchev–Trinajstić information content (AvgIpc) is 2.72. The van der Waals surface area contributed by atoms with Crippen LogP contribution in [0.2, 0.25) is 0 Å². The van der Waals surface area contributed by atoms with Gasteiger partial charge in [-0.25, -0.2) is 4.79 Å². The summed E-state index contributed by atoms with van der Waals surface area (Å²) >= 11 is 0. The van der Waals surface area contributed by atoms with E-state index >= 15 is 0 Å². The molecule has 0 atom stereocenters. The second kappa shape index (κ2) is 10.2.